The third-order valence-corrected chi connectivity index (χ3v) is 5.69. The molecule has 13 heteroatoms. The summed E-state index contributed by atoms with van der Waals surface area (Å²) in [5, 5.41) is 0. The average molecular weight is 474 g/mol. The van der Waals surface area contributed by atoms with Gasteiger partial charge in [0.25, 0.3) is 20.2 Å². The van der Waals surface area contributed by atoms with E-state index in [0.717, 1.165) is 0 Å². The van der Waals surface area contributed by atoms with Gasteiger partial charge in [0.05, 0.1) is 11.1 Å². The van der Waals surface area contributed by atoms with Gasteiger partial charge in [-0.3, -0.25) is 9.11 Å². The highest BCUT2D eigenvalue weighted by Gasteiger charge is 2.28. The maximum Gasteiger partial charge on any atom is 0.349 e. The second-order valence-electron chi connectivity index (χ2n) is 5.71. The van der Waals surface area contributed by atoms with E-state index in [1.807, 2.05) is 0 Å². The van der Waals surface area contributed by atoms with Crippen molar-refractivity contribution >= 4 is 44.3 Å². The van der Waals surface area contributed by atoms with Crippen molar-refractivity contribution < 1.29 is 49.0 Å². The molecule has 0 aliphatic rings. The van der Waals surface area contributed by atoms with Gasteiger partial charge in [-0.1, -0.05) is 25.3 Å². The van der Waals surface area contributed by atoms with Crippen LogP contribution in [0.15, 0.2) is 47.2 Å². The van der Waals surface area contributed by atoms with Gasteiger partial charge in [0.15, 0.2) is 0 Å². The van der Waals surface area contributed by atoms with Gasteiger partial charge in [0.1, 0.15) is 21.4 Å². The minimum atomic E-state index is -4.86. The number of hydrogen-bond donors (Lipinski definition) is 2. The van der Waals surface area contributed by atoms with Crippen LogP contribution in [0, 0.1) is 11.6 Å². The molecule has 2 aromatic rings. The van der Waals surface area contributed by atoms with Crippen molar-refractivity contribution in [3.05, 3.63) is 71.3 Å². The first-order valence-electron chi connectivity index (χ1n) is 7.85. The Bertz CT molecular complexity index is 1240. The minimum absolute atomic E-state index is 0.605. The second kappa shape index (κ2) is 8.47. The molecule has 0 aromatic heterocycles. The summed E-state index contributed by atoms with van der Waals surface area (Å²) < 4.78 is 96.6. The highest BCUT2D eigenvalue weighted by molar-refractivity contribution is 7.86. The Balaban J connectivity index is 2.47. The molecule has 0 saturated carbocycles. The van der Waals surface area contributed by atoms with E-state index in [1.54, 1.807) is 0 Å². The predicted octanol–water partition coefficient (Wildman–Crippen LogP) is 2.74. The van der Waals surface area contributed by atoms with Crippen LogP contribution < -0.4 is 0 Å². The molecular formula is C18H12F2O9S2. The van der Waals surface area contributed by atoms with Crippen molar-refractivity contribution in [2.45, 2.75) is 9.79 Å². The number of rotatable bonds is 6. The van der Waals surface area contributed by atoms with Crippen molar-refractivity contribution in [1.29, 1.82) is 0 Å². The summed E-state index contributed by atoms with van der Waals surface area (Å²) in [5.74, 6) is -6.27. The molecule has 0 unspecified atom stereocenters. The Hall–Kier alpha value is -3.26. The van der Waals surface area contributed by atoms with Gasteiger partial charge in [-0.15, -0.1) is 0 Å². The smallest absolute Gasteiger partial charge is 0.349 e. The van der Waals surface area contributed by atoms with E-state index in [0.29, 0.717) is 36.4 Å². The molecule has 0 bridgehead atoms. The van der Waals surface area contributed by atoms with Crippen LogP contribution >= 0.6 is 0 Å². The van der Waals surface area contributed by atoms with Crippen LogP contribution in [0.3, 0.4) is 0 Å². The van der Waals surface area contributed by atoms with Crippen LogP contribution in [-0.4, -0.2) is 37.9 Å². The highest BCUT2D eigenvalue weighted by atomic mass is 32.2. The van der Waals surface area contributed by atoms with Crippen molar-refractivity contribution in [2.75, 3.05) is 0 Å². The largest absolute Gasteiger partial charge is 0.386 e. The highest BCUT2D eigenvalue weighted by Crippen LogP contribution is 2.26. The molecule has 0 atom stereocenters. The Labute approximate surface area is 174 Å². The molecule has 2 N–H and O–H groups in total. The van der Waals surface area contributed by atoms with Gasteiger partial charge in [0, 0.05) is 11.1 Å². The van der Waals surface area contributed by atoms with Gasteiger partial charge >= 0.3 is 11.9 Å². The van der Waals surface area contributed by atoms with E-state index in [9.17, 15) is 35.2 Å². The quantitative estimate of drug-likeness (QED) is 0.366. The fourth-order valence-corrected chi connectivity index (χ4v) is 3.87. The number of carbonyl (C=O) groups excluding carboxylic acids is 2. The molecule has 9 nitrogen and oxygen atoms in total. The average Bonchev–Trinajstić information content (AvgIpc) is 2.65. The fraction of sp³-hybridized carbons (Fsp3) is 0. The molecular weight excluding hydrogens is 462 g/mol. The summed E-state index contributed by atoms with van der Waals surface area (Å²) in [4.78, 5) is 22.5. The zero-order chi connectivity index (χ0) is 23.7. The topological polar surface area (TPSA) is 152 Å². The molecule has 0 aliphatic heterocycles. The van der Waals surface area contributed by atoms with Crippen LogP contribution in [0.25, 0.3) is 12.2 Å². The van der Waals surface area contributed by atoms with E-state index in [4.69, 9.17) is 9.11 Å². The van der Waals surface area contributed by atoms with E-state index < -0.39 is 75.9 Å². The lowest BCUT2D eigenvalue weighted by Crippen LogP contribution is -2.17. The molecule has 164 valence electrons. The second-order valence-corrected chi connectivity index (χ2v) is 8.49. The molecule has 2 aromatic carbocycles. The molecule has 0 heterocycles. The van der Waals surface area contributed by atoms with Crippen LogP contribution in [0.5, 0.6) is 0 Å². The Morgan fingerprint density at radius 1 is 0.774 bits per heavy atom. The number of halogens is 2. The van der Waals surface area contributed by atoms with Crippen LogP contribution in [0.4, 0.5) is 8.78 Å². The van der Waals surface area contributed by atoms with Gasteiger partial charge in [-0.05, 0) is 24.3 Å². The third-order valence-electron chi connectivity index (χ3n) is 3.87. The van der Waals surface area contributed by atoms with Gasteiger partial charge in [-0.2, -0.15) is 16.8 Å². The standard InChI is InChI=1S/C18H12F2O9S2/c1-3-9-13(30(23,24)25)7-5-11(15(9)19)17(21)29-18(22)12-6-8-14(31(26,27)28)10(4-2)16(12)20/h3-8H,1-2H2,(H,23,24,25)(H,26,27,28). The molecule has 0 radical (unpaired) electrons. The van der Waals surface area contributed by atoms with Gasteiger partial charge in [0.2, 0.25) is 0 Å². The van der Waals surface area contributed by atoms with E-state index in [1.165, 1.54) is 0 Å². The molecule has 31 heavy (non-hydrogen) atoms. The van der Waals surface area contributed by atoms with Crippen molar-refractivity contribution in [2.24, 2.45) is 0 Å². The zero-order valence-corrected chi connectivity index (χ0v) is 16.8. The number of ether oxygens (including phenoxy) is 1. The Morgan fingerprint density at radius 3 is 1.35 bits per heavy atom. The number of carbonyl (C=O) groups is 2. The monoisotopic (exact) mass is 474 g/mol. The number of esters is 2. The van der Waals surface area contributed by atoms with Crippen LogP contribution in [0.1, 0.15) is 31.8 Å². The summed E-state index contributed by atoms with van der Waals surface area (Å²) in [6, 6.07) is 2.53. The number of benzene rings is 2. The van der Waals surface area contributed by atoms with Crippen LogP contribution in [-0.2, 0) is 25.0 Å². The fourth-order valence-electron chi connectivity index (χ4n) is 2.49. The summed E-state index contributed by atoms with van der Waals surface area (Å²) in [6.45, 7) is 6.34. The maximum absolute atomic E-state index is 14.5. The lowest BCUT2D eigenvalue weighted by molar-refractivity contribution is 0.0391. The normalized spacial score (nSPS) is 11.6. The molecule has 0 amide bonds. The summed E-state index contributed by atoms with van der Waals surface area (Å²) in [6.07, 6.45) is 1.39. The predicted molar refractivity (Wildman–Crippen MR) is 102 cm³/mol. The molecule has 0 aliphatic carbocycles. The number of hydrogen-bond acceptors (Lipinski definition) is 7. The van der Waals surface area contributed by atoms with Crippen LogP contribution in [0.2, 0.25) is 0 Å². The summed E-state index contributed by atoms with van der Waals surface area (Å²) in [7, 11) is -9.73. The lowest BCUT2D eigenvalue weighted by atomic mass is 10.1. The first-order valence-corrected chi connectivity index (χ1v) is 10.7. The first-order chi connectivity index (χ1) is 14.2. The van der Waals surface area contributed by atoms with Crippen molar-refractivity contribution in [1.82, 2.24) is 0 Å². The molecule has 0 saturated heterocycles. The third kappa shape index (κ3) is 4.74. The summed E-state index contributed by atoms with van der Waals surface area (Å²) >= 11 is 0. The SMILES string of the molecule is C=Cc1c(S(=O)(=O)O)ccc(C(=O)OC(=O)c2ccc(S(=O)(=O)O)c(C=C)c2F)c1F. The van der Waals surface area contributed by atoms with Crippen molar-refractivity contribution in [3.63, 3.8) is 0 Å². The zero-order valence-electron chi connectivity index (χ0n) is 15.2. The minimum Gasteiger partial charge on any atom is -0.386 e. The molecule has 0 fully saturated rings. The molecule has 0 spiro atoms. The summed E-state index contributed by atoms with van der Waals surface area (Å²) in [5.41, 5.74) is -3.42. The molecule has 2 rings (SSSR count). The van der Waals surface area contributed by atoms with E-state index >= 15 is 0 Å². The van der Waals surface area contributed by atoms with E-state index in [2.05, 4.69) is 17.9 Å². The van der Waals surface area contributed by atoms with Gasteiger partial charge < -0.3 is 4.74 Å². The maximum atomic E-state index is 14.5. The Morgan fingerprint density at radius 2 is 1.10 bits per heavy atom. The first kappa shape index (κ1) is 24.0. The van der Waals surface area contributed by atoms with Gasteiger partial charge in [-0.25, -0.2) is 18.4 Å². The van der Waals surface area contributed by atoms with E-state index in [-0.39, 0.29) is 0 Å². The Kier molecular flexibility index (Phi) is 6.56. The van der Waals surface area contributed by atoms with Crippen molar-refractivity contribution in [3.8, 4) is 0 Å². The lowest BCUT2D eigenvalue weighted by Gasteiger charge is -2.10.